The van der Waals surface area contributed by atoms with Gasteiger partial charge in [-0.2, -0.15) is 0 Å². The van der Waals surface area contributed by atoms with Crippen molar-refractivity contribution in [3.05, 3.63) is 39.4 Å². The van der Waals surface area contributed by atoms with Crippen molar-refractivity contribution in [1.29, 1.82) is 0 Å². The second-order valence-electron chi connectivity index (χ2n) is 5.07. The molecular formula is C14H18N2O3. The standard InChI is InChI=1S/C14H18N2O3/c1-11-13(3-2-4-14(11)16(18)19)9-15-7-5-12(10-17)6-8-15/h2-4,10,12H,5-9H2,1H3. The number of nitro benzene ring substituents is 1. The lowest BCUT2D eigenvalue weighted by Gasteiger charge is -2.29. The van der Waals surface area contributed by atoms with E-state index in [9.17, 15) is 14.9 Å². The smallest absolute Gasteiger partial charge is 0.272 e. The van der Waals surface area contributed by atoms with Gasteiger partial charge in [-0.25, -0.2) is 0 Å². The summed E-state index contributed by atoms with van der Waals surface area (Å²) in [5.74, 6) is 0.183. The molecule has 0 spiro atoms. The van der Waals surface area contributed by atoms with Crippen LogP contribution >= 0.6 is 0 Å². The van der Waals surface area contributed by atoms with E-state index in [4.69, 9.17) is 0 Å². The predicted molar refractivity (Wildman–Crippen MR) is 71.9 cm³/mol. The summed E-state index contributed by atoms with van der Waals surface area (Å²) < 4.78 is 0. The molecule has 0 aromatic heterocycles. The maximum Gasteiger partial charge on any atom is 0.272 e. The van der Waals surface area contributed by atoms with Crippen molar-refractivity contribution in [1.82, 2.24) is 4.90 Å². The molecule has 0 atom stereocenters. The fourth-order valence-corrected chi connectivity index (χ4v) is 2.53. The molecule has 0 amide bonds. The summed E-state index contributed by atoms with van der Waals surface area (Å²) in [6, 6.07) is 5.21. The van der Waals surface area contributed by atoms with Gasteiger partial charge in [0.05, 0.1) is 4.92 Å². The minimum Gasteiger partial charge on any atom is -0.303 e. The van der Waals surface area contributed by atoms with Crippen LogP contribution in [0, 0.1) is 23.0 Å². The van der Waals surface area contributed by atoms with Crippen LogP contribution in [0.3, 0.4) is 0 Å². The van der Waals surface area contributed by atoms with E-state index in [0.717, 1.165) is 49.9 Å². The number of hydrogen-bond donors (Lipinski definition) is 0. The van der Waals surface area contributed by atoms with Crippen LogP contribution in [0.4, 0.5) is 5.69 Å². The molecular weight excluding hydrogens is 244 g/mol. The fourth-order valence-electron chi connectivity index (χ4n) is 2.53. The second kappa shape index (κ2) is 5.93. The topological polar surface area (TPSA) is 63.5 Å². The molecule has 0 unspecified atom stereocenters. The quantitative estimate of drug-likeness (QED) is 0.474. The third-order valence-electron chi connectivity index (χ3n) is 3.83. The van der Waals surface area contributed by atoms with E-state index in [2.05, 4.69) is 4.90 Å². The lowest BCUT2D eigenvalue weighted by atomic mass is 9.97. The Morgan fingerprint density at radius 2 is 2.11 bits per heavy atom. The van der Waals surface area contributed by atoms with Gasteiger partial charge in [-0.3, -0.25) is 15.0 Å². The van der Waals surface area contributed by atoms with E-state index in [1.807, 2.05) is 6.07 Å². The van der Waals surface area contributed by atoms with E-state index < -0.39 is 0 Å². The molecule has 1 fully saturated rings. The average molecular weight is 262 g/mol. The summed E-state index contributed by atoms with van der Waals surface area (Å²) in [6.07, 6.45) is 2.81. The van der Waals surface area contributed by atoms with Crippen LogP contribution in [-0.4, -0.2) is 29.2 Å². The molecule has 1 aliphatic rings. The zero-order valence-electron chi connectivity index (χ0n) is 11.0. The maximum absolute atomic E-state index is 10.9. The molecule has 2 rings (SSSR count). The molecule has 102 valence electrons. The number of carbonyl (C=O) groups excluding carboxylic acids is 1. The van der Waals surface area contributed by atoms with Crippen LogP contribution in [0.1, 0.15) is 24.0 Å². The van der Waals surface area contributed by atoms with Crippen molar-refractivity contribution in [2.24, 2.45) is 5.92 Å². The molecule has 0 aliphatic carbocycles. The van der Waals surface area contributed by atoms with E-state index in [1.54, 1.807) is 13.0 Å². The Morgan fingerprint density at radius 1 is 1.42 bits per heavy atom. The lowest BCUT2D eigenvalue weighted by molar-refractivity contribution is -0.385. The first-order valence-electron chi connectivity index (χ1n) is 6.52. The van der Waals surface area contributed by atoms with Gasteiger partial charge in [0.25, 0.3) is 5.69 Å². The molecule has 1 aliphatic heterocycles. The van der Waals surface area contributed by atoms with E-state index in [-0.39, 0.29) is 16.5 Å². The minimum atomic E-state index is -0.336. The first-order valence-corrected chi connectivity index (χ1v) is 6.52. The summed E-state index contributed by atoms with van der Waals surface area (Å²) in [4.78, 5) is 23.5. The van der Waals surface area contributed by atoms with E-state index >= 15 is 0 Å². The first kappa shape index (κ1) is 13.7. The van der Waals surface area contributed by atoms with Gasteiger partial charge >= 0.3 is 0 Å². The summed E-state index contributed by atoms with van der Waals surface area (Å²) in [5, 5.41) is 10.9. The molecule has 19 heavy (non-hydrogen) atoms. The largest absolute Gasteiger partial charge is 0.303 e. The highest BCUT2D eigenvalue weighted by molar-refractivity contribution is 5.53. The Hall–Kier alpha value is -1.75. The summed E-state index contributed by atoms with van der Waals surface area (Å²) in [6.45, 7) is 4.28. The third-order valence-corrected chi connectivity index (χ3v) is 3.83. The van der Waals surface area contributed by atoms with Gasteiger partial charge in [0.2, 0.25) is 0 Å². The molecule has 0 saturated carbocycles. The third kappa shape index (κ3) is 3.17. The summed E-state index contributed by atoms with van der Waals surface area (Å²) in [7, 11) is 0. The second-order valence-corrected chi connectivity index (χ2v) is 5.07. The number of nitro groups is 1. The Labute approximate surface area is 112 Å². The highest BCUT2D eigenvalue weighted by Gasteiger charge is 2.20. The Kier molecular flexibility index (Phi) is 4.27. The SMILES string of the molecule is Cc1c(CN2CCC(C=O)CC2)cccc1[N+](=O)[O-]. The number of rotatable bonds is 4. The zero-order chi connectivity index (χ0) is 13.8. The van der Waals surface area contributed by atoms with Crippen LogP contribution in [0.2, 0.25) is 0 Å². The normalized spacial score (nSPS) is 17.3. The lowest BCUT2D eigenvalue weighted by Crippen LogP contribution is -2.33. The summed E-state index contributed by atoms with van der Waals surface area (Å²) >= 11 is 0. The molecule has 1 aromatic rings. The van der Waals surface area contributed by atoms with Crippen LogP contribution in [0.5, 0.6) is 0 Å². The van der Waals surface area contributed by atoms with Crippen LogP contribution < -0.4 is 0 Å². The van der Waals surface area contributed by atoms with Gasteiger partial charge < -0.3 is 4.79 Å². The zero-order valence-corrected chi connectivity index (χ0v) is 11.0. The van der Waals surface area contributed by atoms with Crippen molar-refractivity contribution in [3.63, 3.8) is 0 Å². The first-order chi connectivity index (χ1) is 9.11. The molecule has 1 aromatic carbocycles. The van der Waals surface area contributed by atoms with Gasteiger partial charge in [0.1, 0.15) is 6.29 Å². The number of hydrogen-bond acceptors (Lipinski definition) is 4. The van der Waals surface area contributed by atoms with Crippen molar-refractivity contribution < 1.29 is 9.72 Å². The van der Waals surface area contributed by atoms with Crippen molar-refractivity contribution >= 4 is 12.0 Å². The molecule has 5 nitrogen and oxygen atoms in total. The molecule has 0 N–H and O–H groups in total. The number of nitrogens with zero attached hydrogens (tertiary/aromatic N) is 2. The number of likely N-dealkylation sites (tertiary alicyclic amines) is 1. The Morgan fingerprint density at radius 3 is 2.68 bits per heavy atom. The van der Waals surface area contributed by atoms with Crippen LogP contribution in [0.15, 0.2) is 18.2 Å². The molecule has 5 heteroatoms. The van der Waals surface area contributed by atoms with Gasteiger partial charge in [-0.1, -0.05) is 12.1 Å². The highest BCUT2D eigenvalue weighted by atomic mass is 16.6. The highest BCUT2D eigenvalue weighted by Crippen LogP contribution is 2.24. The molecule has 1 saturated heterocycles. The number of aldehydes is 1. The van der Waals surface area contributed by atoms with Crippen molar-refractivity contribution in [2.75, 3.05) is 13.1 Å². The number of carbonyl (C=O) groups is 1. The monoisotopic (exact) mass is 262 g/mol. The Balaban J connectivity index is 2.06. The predicted octanol–water partition coefficient (Wildman–Crippen LogP) is 2.31. The van der Waals surface area contributed by atoms with Gasteiger partial charge in [-0.05, 0) is 38.4 Å². The van der Waals surface area contributed by atoms with Crippen LogP contribution in [0.25, 0.3) is 0 Å². The molecule has 0 radical (unpaired) electrons. The average Bonchev–Trinajstić information content (AvgIpc) is 2.41. The minimum absolute atomic E-state index is 0.181. The number of piperidine rings is 1. The van der Waals surface area contributed by atoms with Gasteiger partial charge in [-0.15, -0.1) is 0 Å². The van der Waals surface area contributed by atoms with E-state index in [0.29, 0.717) is 0 Å². The van der Waals surface area contributed by atoms with Gasteiger partial charge in [0, 0.05) is 24.1 Å². The molecule has 0 bridgehead atoms. The fraction of sp³-hybridized carbons (Fsp3) is 0.500. The van der Waals surface area contributed by atoms with E-state index in [1.165, 1.54) is 6.07 Å². The maximum atomic E-state index is 10.9. The molecule has 1 heterocycles. The number of benzene rings is 1. The van der Waals surface area contributed by atoms with Crippen LogP contribution in [-0.2, 0) is 11.3 Å². The van der Waals surface area contributed by atoms with Gasteiger partial charge in [0.15, 0.2) is 0 Å². The Bertz CT molecular complexity index is 480. The van der Waals surface area contributed by atoms with Crippen molar-refractivity contribution in [2.45, 2.75) is 26.3 Å². The van der Waals surface area contributed by atoms with Crippen molar-refractivity contribution in [3.8, 4) is 0 Å². The summed E-state index contributed by atoms with van der Waals surface area (Å²) in [5.41, 5.74) is 1.92.